The Bertz CT molecular complexity index is 372. The van der Waals surface area contributed by atoms with Gasteiger partial charge >= 0.3 is 5.97 Å². The van der Waals surface area contributed by atoms with Crippen LogP contribution in [-0.2, 0) is 4.79 Å². The largest absolute Gasteiger partial charge is 0.481 e. The number of halogens is 1. The zero-order chi connectivity index (χ0) is 11.4. The number of carbonyl (C=O) groups excluding carboxylic acids is 1. The molecule has 1 heterocycles. The molecule has 1 atom stereocenters. The number of Topliss-reactive ketones (excluding diaryl/α,β-unsaturated/α-hetero) is 1. The van der Waals surface area contributed by atoms with E-state index < -0.39 is 5.97 Å². The normalized spacial score (nSPS) is 12.4. The molecule has 1 aromatic heterocycles. The van der Waals surface area contributed by atoms with Gasteiger partial charge in [-0.3, -0.25) is 9.59 Å². The van der Waals surface area contributed by atoms with Gasteiger partial charge in [-0.15, -0.1) is 11.3 Å². The fraction of sp³-hybridized carbons (Fsp3) is 0.400. The van der Waals surface area contributed by atoms with E-state index in [0.717, 1.165) is 0 Å². The van der Waals surface area contributed by atoms with Crippen LogP contribution in [0.25, 0.3) is 0 Å². The lowest BCUT2D eigenvalue weighted by atomic mass is 10.0. The molecule has 1 rings (SSSR count). The molecule has 0 saturated carbocycles. The summed E-state index contributed by atoms with van der Waals surface area (Å²) in [6, 6.07) is 3.34. The number of thiophene rings is 1. The van der Waals surface area contributed by atoms with E-state index in [1.165, 1.54) is 11.3 Å². The lowest BCUT2D eigenvalue weighted by Gasteiger charge is -2.05. The van der Waals surface area contributed by atoms with Crippen molar-refractivity contribution in [1.29, 1.82) is 0 Å². The molecule has 0 aromatic carbocycles. The van der Waals surface area contributed by atoms with E-state index in [-0.39, 0.29) is 24.5 Å². The van der Waals surface area contributed by atoms with Crippen LogP contribution in [0.5, 0.6) is 0 Å². The highest BCUT2D eigenvalue weighted by Crippen LogP contribution is 2.24. The van der Waals surface area contributed by atoms with E-state index in [1.807, 2.05) is 0 Å². The molecule has 0 bridgehead atoms. The lowest BCUT2D eigenvalue weighted by Crippen LogP contribution is -2.09. The van der Waals surface area contributed by atoms with Crippen LogP contribution in [0.4, 0.5) is 0 Å². The fourth-order valence-electron chi connectivity index (χ4n) is 1.25. The molecule has 0 aliphatic carbocycles. The highest BCUT2D eigenvalue weighted by Gasteiger charge is 2.15. The Morgan fingerprint density at radius 2 is 2.13 bits per heavy atom. The molecule has 0 fully saturated rings. The van der Waals surface area contributed by atoms with Gasteiger partial charge in [-0.05, 0) is 18.1 Å². The van der Waals surface area contributed by atoms with Crippen molar-refractivity contribution in [3.63, 3.8) is 0 Å². The van der Waals surface area contributed by atoms with Crippen molar-refractivity contribution in [3.05, 3.63) is 21.3 Å². The first-order valence-corrected chi connectivity index (χ1v) is 5.69. The molecule has 1 N–H and O–H groups in total. The van der Waals surface area contributed by atoms with Gasteiger partial charge in [0.05, 0.1) is 9.21 Å². The van der Waals surface area contributed by atoms with Gasteiger partial charge in [-0.1, -0.05) is 18.5 Å². The average Bonchev–Trinajstić information content (AvgIpc) is 2.49. The Kier molecular flexibility index (Phi) is 4.29. The predicted molar refractivity (Wildman–Crippen MR) is 59.7 cm³/mol. The van der Waals surface area contributed by atoms with E-state index in [4.69, 9.17) is 16.7 Å². The van der Waals surface area contributed by atoms with Crippen LogP contribution in [0.2, 0.25) is 4.34 Å². The summed E-state index contributed by atoms with van der Waals surface area (Å²) in [6.45, 7) is 1.75. The third kappa shape index (κ3) is 4.01. The van der Waals surface area contributed by atoms with E-state index in [2.05, 4.69) is 0 Å². The first-order chi connectivity index (χ1) is 6.99. The van der Waals surface area contributed by atoms with Crippen LogP contribution in [0.3, 0.4) is 0 Å². The van der Waals surface area contributed by atoms with Gasteiger partial charge < -0.3 is 5.11 Å². The van der Waals surface area contributed by atoms with Gasteiger partial charge in [-0.25, -0.2) is 0 Å². The summed E-state index contributed by atoms with van der Waals surface area (Å²) in [4.78, 5) is 22.6. The lowest BCUT2D eigenvalue weighted by molar-refractivity contribution is -0.137. The van der Waals surface area contributed by atoms with Gasteiger partial charge in [-0.2, -0.15) is 0 Å². The fourth-order valence-corrected chi connectivity index (χ4v) is 2.24. The molecule has 15 heavy (non-hydrogen) atoms. The Labute approximate surface area is 96.7 Å². The second-order valence-electron chi connectivity index (χ2n) is 3.43. The molecule has 0 radical (unpaired) electrons. The minimum absolute atomic E-state index is 0.0187. The van der Waals surface area contributed by atoms with Crippen molar-refractivity contribution in [1.82, 2.24) is 0 Å². The maximum absolute atomic E-state index is 11.6. The maximum atomic E-state index is 11.6. The predicted octanol–water partition coefficient (Wildman–Crippen LogP) is 3.09. The number of hydrogen-bond donors (Lipinski definition) is 1. The van der Waals surface area contributed by atoms with Gasteiger partial charge in [0.2, 0.25) is 0 Å². The van der Waals surface area contributed by atoms with Gasteiger partial charge in [0.1, 0.15) is 0 Å². The van der Waals surface area contributed by atoms with Crippen molar-refractivity contribution in [2.45, 2.75) is 19.8 Å². The van der Waals surface area contributed by atoms with E-state index in [9.17, 15) is 9.59 Å². The van der Waals surface area contributed by atoms with Crippen molar-refractivity contribution < 1.29 is 14.7 Å². The number of aliphatic carboxylic acids is 1. The van der Waals surface area contributed by atoms with E-state index in [1.54, 1.807) is 19.1 Å². The van der Waals surface area contributed by atoms with E-state index in [0.29, 0.717) is 9.21 Å². The highest BCUT2D eigenvalue weighted by atomic mass is 35.5. The average molecular weight is 247 g/mol. The summed E-state index contributed by atoms with van der Waals surface area (Å²) in [6.07, 6.45) is 0.272. The molecule has 0 spiro atoms. The van der Waals surface area contributed by atoms with Crippen LogP contribution in [-0.4, -0.2) is 16.9 Å². The highest BCUT2D eigenvalue weighted by molar-refractivity contribution is 7.18. The minimum Gasteiger partial charge on any atom is -0.481 e. The Morgan fingerprint density at radius 3 is 2.60 bits per heavy atom. The molecule has 82 valence electrons. The Balaban J connectivity index is 2.52. The molecule has 0 amide bonds. The van der Waals surface area contributed by atoms with Crippen molar-refractivity contribution in [2.75, 3.05) is 0 Å². The summed E-state index contributed by atoms with van der Waals surface area (Å²) in [5.74, 6) is -1.06. The molecule has 1 aromatic rings. The number of hydrogen-bond acceptors (Lipinski definition) is 3. The third-order valence-electron chi connectivity index (χ3n) is 1.90. The molecule has 0 aliphatic heterocycles. The van der Waals surface area contributed by atoms with Crippen LogP contribution >= 0.6 is 22.9 Å². The molecule has 3 nitrogen and oxygen atoms in total. The molecule has 5 heteroatoms. The zero-order valence-electron chi connectivity index (χ0n) is 8.20. The second kappa shape index (κ2) is 5.28. The summed E-state index contributed by atoms with van der Waals surface area (Å²) in [5, 5.41) is 8.54. The smallest absolute Gasteiger partial charge is 0.303 e. The summed E-state index contributed by atoms with van der Waals surface area (Å²) in [7, 11) is 0. The second-order valence-corrected chi connectivity index (χ2v) is 5.15. The molecule has 0 saturated heterocycles. The van der Waals surface area contributed by atoms with Crippen molar-refractivity contribution in [2.24, 2.45) is 5.92 Å². The molecule has 1 unspecified atom stereocenters. The first kappa shape index (κ1) is 12.2. The molecule has 0 aliphatic rings. The summed E-state index contributed by atoms with van der Waals surface area (Å²) in [5.41, 5.74) is 0. The number of ketones is 1. The van der Waals surface area contributed by atoms with Gasteiger partial charge in [0.25, 0.3) is 0 Å². The van der Waals surface area contributed by atoms with Crippen LogP contribution < -0.4 is 0 Å². The van der Waals surface area contributed by atoms with Gasteiger partial charge in [0, 0.05) is 12.8 Å². The molecular weight excluding hydrogens is 236 g/mol. The molecular formula is C10H11ClO3S. The number of carbonyl (C=O) groups is 2. The minimum atomic E-state index is -0.875. The van der Waals surface area contributed by atoms with Crippen LogP contribution in [0.1, 0.15) is 29.4 Å². The van der Waals surface area contributed by atoms with Crippen LogP contribution in [0.15, 0.2) is 12.1 Å². The maximum Gasteiger partial charge on any atom is 0.303 e. The van der Waals surface area contributed by atoms with Gasteiger partial charge in [0.15, 0.2) is 5.78 Å². The first-order valence-electron chi connectivity index (χ1n) is 4.49. The Hall–Kier alpha value is -0.870. The van der Waals surface area contributed by atoms with E-state index >= 15 is 0 Å². The Morgan fingerprint density at radius 1 is 1.47 bits per heavy atom. The quantitative estimate of drug-likeness (QED) is 0.813. The topological polar surface area (TPSA) is 54.4 Å². The summed E-state index contributed by atoms with van der Waals surface area (Å²) >= 11 is 6.92. The third-order valence-corrected chi connectivity index (χ3v) is 3.18. The van der Waals surface area contributed by atoms with Crippen molar-refractivity contribution >= 4 is 34.7 Å². The van der Waals surface area contributed by atoms with Crippen LogP contribution in [0, 0.1) is 5.92 Å². The van der Waals surface area contributed by atoms with Crippen molar-refractivity contribution in [3.8, 4) is 0 Å². The number of rotatable bonds is 5. The summed E-state index contributed by atoms with van der Waals surface area (Å²) < 4.78 is 0.573. The number of carboxylic acids is 1. The SMILES string of the molecule is CC(CC(=O)O)CC(=O)c1ccc(Cl)s1. The number of carboxylic acid groups (broad SMARTS) is 1. The standard InChI is InChI=1S/C10H11ClO3S/c1-6(5-10(13)14)4-7(12)8-2-3-9(11)15-8/h2-3,6H,4-5H2,1H3,(H,13,14). The zero-order valence-corrected chi connectivity index (χ0v) is 9.77. The monoisotopic (exact) mass is 246 g/mol.